The van der Waals surface area contributed by atoms with E-state index in [-0.39, 0.29) is 11.8 Å². The maximum absolute atomic E-state index is 12.4. The third kappa shape index (κ3) is 3.60. The van der Waals surface area contributed by atoms with Gasteiger partial charge >= 0.3 is 0 Å². The first kappa shape index (κ1) is 19.1. The monoisotopic (exact) mass is 385 g/mol. The Bertz CT molecular complexity index is 989. The molecule has 0 saturated heterocycles. The van der Waals surface area contributed by atoms with Gasteiger partial charge in [-0.25, -0.2) is 0 Å². The van der Waals surface area contributed by atoms with Crippen molar-refractivity contribution in [2.45, 2.75) is 32.1 Å². The molecule has 0 spiro atoms. The van der Waals surface area contributed by atoms with Gasteiger partial charge in [0.25, 0.3) is 11.8 Å². The number of hydrogen-bond acceptors (Lipinski definition) is 3. The molecule has 1 atom stereocenters. The molecule has 0 bridgehead atoms. The first-order valence-electron chi connectivity index (χ1n) is 8.81. The number of rotatable bonds is 5. The van der Waals surface area contributed by atoms with E-state index in [1.54, 1.807) is 30.5 Å². The Balaban J connectivity index is 2.04. The van der Waals surface area contributed by atoms with Crippen molar-refractivity contribution < 1.29 is 13.8 Å². The van der Waals surface area contributed by atoms with Crippen molar-refractivity contribution in [3.05, 3.63) is 46.3 Å². The Labute approximate surface area is 160 Å². The van der Waals surface area contributed by atoms with Gasteiger partial charge in [0.05, 0.1) is 11.1 Å². The fourth-order valence-electron chi connectivity index (χ4n) is 3.22. The number of aryl methyl sites for hydroxylation is 1. The smallest absolute Gasteiger partial charge is 0.256 e. The molecular weight excluding hydrogens is 362 g/mol. The summed E-state index contributed by atoms with van der Waals surface area (Å²) in [5.74, 6) is -0.333. The molecule has 2 amide bonds. The summed E-state index contributed by atoms with van der Waals surface area (Å²) in [5, 5.41) is 5.71. The van der Waals surface area contributed by atoms with Crippen LogP contribution in [0, 0.1) is 13.8 Å². The number of nitrogens with one attached hydrogen (secondary N) is 3. The van der Waals surface area contributed by atoms with E-state index in [0.717, 1.165) is 28.9 Å². The van der Waals surface area contributed by atoms with E-state index >= 15 is 0 Å². The minimum atomic E-state index is -1.13. The van der Waals surface area contributed by atoms with Crippen LogP contribution in [0.15, 0.2) is 23.1 Å². The van der Waals surface area contributed by atoms with Crippen molar-refractivity contribution in [3.63, 3.8) is 0 Å². The molecule has 0 saturated carbocycles. The standard InChI is InChI=1S/C20H23N3O3S/c1-5-8-21-20(25)18-11(2)17(22-12(18)3)10-15-14-9-13(27(4)26)6-7-16(14)23-19(15)24/h6-7,9-10,22H,5,8H2,1-4H3,(H,21,25)(H,23,24)/b15-10-. The highest BCUT2D eigenvalue weighted by Gasteiger charge is 2.26. The van der Waals surface area contributed by atoms with Crippen LogP contribution in [0.5, 0.6) is 0 Å². The highest BCUT2D eigenvalue weighted by atomic mass is 32.2. The van der Waals surface area contributed by atoms with Crippen LogP contribution in [0.2, 0.25) is 0 Å². The molecule has 7 heteroatoms. The molecule has 2 heterocycles. The normalized spacial score (nSPS) is 15.6. The Morgan fingerprint density at radius 3 is 2.70 bits per heavy atom. The Kier molecular flexibility index (Phi) is 5.32. The first-order valence-corrected chi connectivity index (χ1v) is 10.4. The topological polar surface area (TPSA) is 91.1 Å². The van der Waals surface area contributed by atoms with Gasteiger partial charge in [0.2, 0.25) is 0 Å². The molecule has 142 valence electrons. The molecule has 0 radical (unpaired) electrons. The Hall–Kier alpha value is -2.67. The average Bonchev–Trinajstić information content (AvgIpc) is 3.08. The number of aromatic nitrogens is 1. The summed E-state index contributed by atoms with van der Waals surface area (Å²) in [4.78, 5) is 28.7. The molecule has 27 heavy (non-hydrogen) atoms. The van der Waals surface area contributed by atoms with Crippen molar-refractivity contribution in [2.75, 3.05) is 18.1 Å². The number of aromatic amines is 1. The summed E-state index contributed by atoms with van der Waals surface area (Å²) < 4.78 is 11.8. The number of carbonyl (C=O) groups excluding carboxylic acids is 2. The van der Waals surface area contributed by atoms with E-state index in [0.29, 0.717) is 28.3 Å². The molecule has 1 aliphatic rings. The van der Waals surface area contributed by atoms with Gasteiger partial charge in [-0.15, -0.1) is 0 Å². The largest absolute Gasteiger partial charge is 0.358 e. The van der Waals surface area contributed by atoms with Crippen molar-refractivity contribution in [3.8, 4) is 0 Å². The lowest BCUT2D eigenvalue weighted by Gasteiger charge is -2.04. The lowest BCUT2D eigenvalue weighted by molar-refractivity contribution is -0.110. The van der Waals surface area contributed by atoms with Crippen molar-refractivity contribution in [1.82, 2.24) is 10.3 Å². The van der Waals surface area contributed by atoms with Crippen LogP contribution in [0.1, 0.15) is 46.2 Å². The molecular formula is C20H23N3O3S. The van der Waals surface area contributed by atoms with E-state index < -0.39 is 10.8 Å². The molecule has 3 rings (SSSR count). The van der Waals surface area contributed by atoms with Crippen LogP contribution >= 0.6 is 0 Å². The summed E-state index contributed by atoms with van der Waals surface area (Å²) in [6.07, 6.45) is 4.22. The zero-order valence-electron chi connectivity index (χ0n) is 15.9. The van der Waals surface area contributed by atoms with E-state index in [1.165, 1.54) is 0 Å². The summed E-state index contributed by atoms with van der Waals surface area (Å²) in [7, 11) is -1.13. The molecule has 2 aromatic rings. The molecule has 1 unspecified atom stereocenters. The second-order valence-electron chi connectivity index (χ2n) is 6.59. The lowest BCUT2D eigenvalue weighted by atomic mass is 10.0. The minimum Gasteiger partial charge on any atom is -0.358 e. The van der Waals surface area contributed by atoms with Crippen LogP contribution in [-0.4, -0.2) is 33.8 Å². The number of amides is 2. The van der Waals surface area contributed by atoms with Crippen molar-refractivity contribution in [1.29, 1.82) is 0 Å². The van der Waals surface area contributed by atoms with Gasteiger partial charge in [0.1, 0.15) is 0 Å². The quantitative estimate of drug-likeness (QED) is 0.691. The predicted molar refractivity (Wildman–Crippen MR) is 108 cm³/mol. The van der Waals surface area contributed by atoms with Crippen LogP contribution < -0.4 is 10.6 Å². The van der Waals surface area contributed by atoms with Crippen LogP contribution in [0.25, 0.3) is 11.6 Å². The third-order valence-corrected chi connectivity index (χ3v) is 5.55. The van der Waals surface area contributed by atoms with Crippen molar-refractivity contribution >= 4 is 40.0 Å². The number of benzene rings is 1. The summed E-state index contributed by atoms with van der Waals surface area (Å²) in [6.45, 7) is 6.33. The fraction of sp³-hybridized carbons (Fsp3) is 0.300. The number of carbonyl (C=O) groups is 2. The second-order valence-corrected chi connectivity index (χ2v) is 7.97. The minimum absolute atomic E-state index is 0.118. The van der Waals surface area contributed by atoms with Gasteiger partial charge in [-0.1, -0.05) is 6.92 Å². The highest BCUT2D eigenvalue weighted by Crippen LogP contribution is 2.35. The van der Waals surface area contributed by atoms with Gasteiger partial charge in [0.15, 0.2) is 0 Å². The van der Waals surface area contributed by atoms with E-state index in [4.69, 9.17) is 0 Å². The third-order valence-electron chi connectivity index (χ3n) is 4.63. The summed E-state index contributed by atoms with van der Waals surface area (Å²) in [5.41, 5.74) is 4.79. The van der Waals surface area contributed by atoms with Crippen LogP contribution in [0.4, 0.5) is 5.69 Å². The number of fused-ring (bicyclic) bond motifs is 1. The van der Waals surface area contributed by atoms with E-state index in [1.807, 2.05) is 20.8 Å². The SMILES string of the molecule is CCCNC(=O)c1c(C)[nH]c(/C=C2\C(=O)Nc3ccc(S(C)=O)cc32)c1C. The van der Waals surface area contributed by atoms with Gasteiger partial charge < -0.3 is 15.6 Å². The molecule has 6 nitrogen and oxygen atoms in total. The molecule has 1 aliphatic heterocycles. The van der Waals surface area contributed by atoms with Crippen LogP contribution in [0.3, 0.4) is 0 Å². The molecule has 3 N–H and O–H groups in total. The maximum Gasteiger partial charge on any atom is 0.256 e. The fourth-order valence-corrected chi connectivity index (χ4v) is 3.76. The number of H-pyrrole nitrogens is 1. The summed E-state index contributed by atoms with van der Waals surface area (Å²) >= 11 is 0. The number of hydrogen-bond donors (Lipinski definition) is 3. The second kappa shape index (κ2) is 7.52. The van der Waals surface area contributed by atoms with E-state index in [2.05, 4.69) is 15.6 Å². The van der Waals surface area contributed by atoms with Gasteiger partial charge in [-0.3, -0.25) is 13.8 Å². The average molecular weight is 385 g/mol. The van der Waals surface area contributed by atoms with Crippen LogP contribution in [-0.2, 0) is 15.6 Å². The Morgan fingerprint density at radius 2 is 2.04 bits per heavy atom. The first-order chi connectivity index (χ1) is 12.8. The summed E-state index contributed by atoms with van der Waals surface area (Å²) in [6, 6.07) is 5.29. The molecule has 1 aromatic heterocycles. The lowest BCUT2D eigenvalue weighted by Crippen LogP contribution is -2.24. The zero-order chi connectivity index (χ0) is 19.7. The predicted octanol–water partition coefficient (Wildman–Crippen LogP) is 3.00. The Morgan fingerprint density at radius 1 is 1.30 bits per heavy atom. The van der Waals surface area contributed by atoms with Crippen molar-refractivity contribution in [2.24, 2.45) is 0 Å². The van der Waals surface area contributed by atoms with Gasteiger partial charge in [-0.05, 0) is 50.1 Å². The number of anilines is 1. The van der Waals surface area contributed by atoms with Gasteiger partial charge in [0, 0.05) is 51.1 Å². The van der Waals surface area contributed by atoms with Gasteiger partial charge in [-0.2, -0.15) is 0 Å². The zero-order valence-corrected chi connectivity index (χ0v) is 16.7. The molecule has 0 fully saturated rings. The maximum atomic E-state index is 12.4. The molecule has 0 aliphatic carbocycles. The highest BCUT2D eigenvalue weighted by molar-refractivity contribution is 7.84. The van der Waals surface area contributed by atoms with E-state index in [9.17, 15) is 13.8 Å². The molecule has 1 aromatic carbocycles.